The number of aromatic nitrogens is 4. The lowest BCUT2D eigenvalue weighted by Crippen LogP contribution is -2.24. The molecule has 140 valence electrons. The normalized spacial score (nSPS) is 10.6. The highest BCUT2D eigenvalue weighted by atomic mass is 32.2. The van der Waals surface area contributed by atoms with Crippen molar-refractivity contribution in [3.63, 3.8) is 0 Å². The molecule has 27 heavy (non-hydrogen) atoms. The van der Waals surface area contributed by atoms with E-state index in [9.17, 15) is 4.79 Å². The van der Waals surface area contributed by atoms with E-state index >= 15 is 0 Å². The highest BCUT2D eigenvalue weighted by molar-refractivity contribution is 7.99. The lowest BCUT2D eigenvalue weighted by Gasteiger charge is -2.09. The fourth-order valence-corrected chi connectivity index (χ4v) is 3.21. The Labute approximate surface area is 162 Å². The molecule has 0 spiro atoms. The highest BCUT2D eigenvalue weighted by Gasteiger charge is 2.13. The summed E-state index contributed by atoms with van der Waals surface area (Å²) >= 11 is 1.31. The monoisotopic (exact) mass is 383 g/mol. The molecule has 0 aliphatic rings. The van der Waals surface area contributed by atoms with E-state index in [1.54, 1.807) is 11.8 Å². The summed E-state index contributed by atoms with van der Waals surface area (Å²) in [4.78, 5) is 12.2. The van der Waals surface area contributed by atoms with Crippen molar-refractivity contribution >= 4 is 17.7 Å². The third-order valence-corrected chi connectivity index (χ3v) is 4.93. The number of carbonyl (C=O) groups is 1. The first-order valence-electron chi connectivity index (χ1n) is 8.45. The SMILES string of the molecule is COc1ccc(CNC(=O)CSc2nnnn2-c2cc(C)ccc2C)cc1. The molecule has 0 unspecified atom stereocenters. The molecule has 0 radical (unpaired) electrons. The maximum Gasteiger partial charge on any atom is 0.230 e. The topological polar surface area (TPSA) is 81.9 Å². The number of rotatable bonds is 7. The number of nitrogens with zero attached hydrogens (tertiary/aromatic N) is 4. The highest BCUT2D eigenvalue weighted by Crippen LogP contribution is 2.21. The molecule has 0 fully saturated rings. The van der Waals surface area contributed by atoms with Gasteiger partial charge in [0.1, 0.15) is 5.75 Å². The van der Waals surface area contributed by atoms with Crippen molar-refractivity contribution in [1.82, 2.24) is 25.5 Å². The maximum atomic E-state index is 12.2. The van der Waals surface area contributed by atoms with Gasteiger partial charge in [-0.05, 0) is 59.2 Å². The van der Waals surface area contributed by atoms with Crippen molar-refractivity contribution in [2.45, 2.75) is 25.5 Å². The summed E-state index contributed by atoms with van der Waals surface area (Å²) < 4.78 is 6.80. The van der Waals surface area contributed by atoms with Crippen LogP contribution in [0.4, 0.5) is 0 Å². The Morgan fingerprint density at radius 2 is 1.96 bits per heavy atom. The van der Waals surface area contributed by atoms with Gasteiger partial charge in [0.05, 0.1) is 18.6 Å². The number of ether oxygens (including phenoxy) is 1. The minimum Gasteiger partial charge on any atom is -0.497 e. The van der Waals surface area contributed by atoms with Crippen LogP contribution in [0, 0.1) is 13.8 Å². The van der Waals surface area contributed by atoms with Crippen molar-refractivity contribution in [2.75, 3.05) is 12.9 Å². The van der Waals surface area contributed by atoms with Crippen LogP contribution in [0.5, 0.6) is 5.75 Å². The first kappa shape index (κ1) is 18.9. The van der Waals surface area contributed by atoms with Gasteiger partial charge in [-0.2, -0.15) is 4.68 Å². The molecule has 1 amide bonds. The molecule has 0 bridgehead atoms. The van der Waals surface area contributed by atoms with E-state index < -0.39 is 0 Å². The lowest BCUT2D eigenvalue weighted by atomic mass is 10.1. The molecule has 8 heteroatoms. The summed E-state index contributed by atoms with van der Waals surface area (Å²) in [5.74, 6) is 0.951. The van der Waals surface area contributed by atoms with Crippen LogP contribution in [0.2, 0.25) is 0 Å². The molecular weight excluding hydrogens is 362 g/mol. The lowest BCUT2D eigenvalue weighted by molar-refractivity contribution is -0.118. The molecule has 1 heterocycles. The van der Waals surface area contributed by atoms with E-state index in [4.69, 9.17) is 4.74 Å². The van der Waals surface area contributed by atoms with Gasteiger partial charge in [0.15, 0.2) is 0 Å². The fraction of sp³-hybridized carbons (Fsp3) is 0.263. The number of hydrogen-bond donors (Lipinski definition) is 1. The van der Waals surface area contributed by atoms with Crippen molar-refractivity contribution in [3.8, 4) is 11.4 Å². The number of amides is 1. The van der Waals surface area contributed by atoms with Crippen LogP contribution in [0.25, 0.3) is 5.69 Å². The number of hydrogen-bond acceptors (Lipinski definition) is 6. The molecule has 3 aromatic rings. The van der Waals surface area contributed by atoms with Crippen LogP contribution in [0.15, 0.2) is 47.6 Å². The molecular formula is C19H21N5O2S. The van der Waals surface area contributed by atoms with E-state index in [-0.39, 0.29) is 11.7 Å². The fourth-order valence-electron chi connectivity index (χ4n) is 2.49. The van der Waals surface area contributed by atoms with Crippen LogP contribution in [0.1, 0.15) is 16.7 Å². The zero-order valence-electron chi connectivity index (χ0n) is 15.5. The molecule has 0 atom stereocenters. The van der Waals surface area contributed by atoms with Gasteiger partial charge in [-0.3, -0.25) is 4.79 Å². The van der Waals surface area contributed by atoms with Crippen LogP contribution in [-0.4, -0.2) is 39.0 Å². The third kappa shape index (κ3) is 4.85. The zero-order chi connectivity index (χ0) is 19.2. The second-order valence-corrected chi connectivity index (χ2v) is 7.02. The summed E-state index contributed by atoms with van der Waals surface area (Å²) in [7, 11) is 1.62. The number of aryl methyl sites for hydroxylation is 2. The Balaban J connectivity index is 1.58. The first-order valence-corrected chi connectivity index (χ1v) is 9.44. The van der Waals surface area contributed by atoms with Gasteiger partial charge < -0.3 is 10.1 Å². The van der Waals surface area contributed by atoms with Gasteiger partial charge in [0, 0.05) is 6.54 Å². The first-order chi connectivity index (χ1) is 13.1. The van der Waals surface area contributed by atoms with Crippen LogP contribution < -0.4 is 10.1 Å². The largest absolute Gasteiger partial charge is 0.497 e. The molecule has 2 aromatic carbocycles. The average Bonchev–Trinajstić information content (AvgIpc) is 3.15. The summed E-state index contributed by atoms with van der Waals surface area (Å²) in [6, 6.07) is 13.7. The van der Waals surface area contributed by atoms with Gasteiger partial charge in [0.25, 0.3) is 0 Å². The van der Waals surface area contributed by atoms with Crippen LogP contribution in [-0.2, 0) is 11.3 Å². The molecule has 7 nitrogen and oxygen atoms in total. The summed E-state index contributed by atoms with van der Waals surface area (Å²) in [6.07, 6.45) is 0. The van der Waals surface area contributed by atoms with Crippen LogP contribution in [0.3, 0.4) is 0 Å². The number of carbonyl (C=O) groups excluding carboxylic acids is 1. The molecule has 3 rings (SSSR count). The Morgan fingerprint density at radius 3 is 2.70 bits per heavy atom. The van der Waals surface area contributed by atoms with Crippen molar-refractivity contribution < 1.29 is 9.53 Å². The van der Waals surface area contributed by atoms with E-state index in [0.29, 0.717) is 11.7 Å². The summed E-state index contributed by atoms with van der Waals surface area (Å²) in [6.45, 7) is 4.49. The van der Waals surface area contributed by atoms with Gasteiger partial charge in [0.2, 0.25) is 11.1 Å². The Bertz CT molecular complexity index is 924. The minimum atomic E-state index is -0.0775. The van der Waals surface area contributed by atoms with E-state index in [1.807, 2.05) is 56.3 Å². The van der Waals surface area contributed by atoms with Gasteiger partial charge >= 0.3 is 0 Å². The molecule has 0 saturated heterocycles. The molecule has 0 aliphatic carbocycles. The zero-order valence-corrected chi connectivity index (χ0v) is 16.3. The molecule has 0 aliphatic heterocycles. The predicted octanol–water partition coefficient (Wildman–Crippen LogP) is 2.70. The number of benzene rings is 2. The second-order valence-electron chi connectivity index (χ2n) is 6.08. The van der Waals surface area contributed by atoms with Crippen molar-refractivity contribution in [2.24, 2.45) is 0 Å². The molecule has 0 saturated carbocycles. The number of methoxy groups -OCH3 is 1. The smallest absolute Gasteiger partial charge is 0.230 e. The summed E-state index contributed by atoms with van der Waals surface area (Å²) in [5, 5.41) is 15.4. The average molecular weight is 383 g/mol. The summed E-state index contributed by atoms with van der Waals surface area (Å²) in [5.41, 5.74) is 4.12. The standard InChI is InChI=1S/C19H21N5O2S/c1-13-4-5-14(2)17(10-13)24-19(21-22-23-24)27-12-18(25)20-11-15-6-8-16(26-3)9-7-15/h4-10H,11-12H2,1-3H3,(H,20,25). The van der Waals surface area contributed by atoms with E-state index in [2.05, 4.69) is 20.8 Å². The maximum absolute atomic E-state index is 12.2. The number of thioether (sulfide) groups is 1. The molecule has 1 aromatic heterocycles. The second kappa shape index (κ2) is 8.68. The van der Waals surface area contributed by atoms with Crippen molar-refractivity contribution in [3.05, 3.63) is 59.2 Å². The number of nitrogens with one attached hydrogen (secondary N) is 1. The molecule has 1 N–H and O–H groups in total. The number of tetrazole rings is 1. The van der Waals surface area contributed by atoms with Gasteiger partial charge in [-0.1, -0.05) is 36.0 Å². The Kier molecular flexibility index (Phi) is 6.08. The predicted molar refractivity (Wildman–Crippen MR) is 104 cm³/mol. The van der Waals surface area contributed by atoms with Gasteiger partial charge in [-0.15, -0.1) is 5.10 Å². The Hall–Kier alpha value is -2.87. The van der Waals surface area contributed by atoms with Crippen LogP contribution >= 0.6 is 11.8 Å². The van der Waals surface area contributed by atoms with Crippen molar-refractivity contribution in [1.29, 1.82) is 0 Å². The van der Waals surface area contributed by atoms with E-state index in [1.165, 1.54) is 11.8 Å². The van der Waals surface area contributed by atoms with Gasteiger partial charge in [-0.25, -0.2) is 0 Å². The quantitative estimate of drug-likeness (QED) is 0.632. The third-order valence-electron chi connectivity index (χ3n) is 4.01. The van der Waals surface area contributed by atoms with E-state index in [0.717, 1.165) is 28.1 Å². The Morgan fingerprint density at radius 1 is 1.19 bits per heavy atom. The minimum absolute atomic E-state index is 0.0775.